The van der Waals surface area contributed by atoms with Crippen molar-refractivity contribution < 1.29 is 9.90 Å². The summed E-state index contributed by atoms with van der Waals surface area (Å²) >= 11 is 0. The predicted octanol–water partition coefficient (Wildman–Crippen LogP) is 2.75. The Kier molecular flexibility index (Phi) is 4.80. The van der Waals surface area contributed by atoms with Crippen LogP contribution in [-0.4, -0.2) is 23.2 Å². The quantitative estimate of drug-likeness (QED) is 0.782. The summed E-state index contributed by atoms with van der Waals surface area (Å²) in [5.74, 6) is 0.0296. The van der Waals surface area contributed by atoms with Crippen LogP contribution in [0.3, 0.4) is 0 Å². The van der Waals surface area contributed by atoms with E-state index in [1.54, 1.807) is 0 Å². The second-order valence-corrected chi connectivity index (χ2v) is 5.13. The summed E-state index contributed by atoms with van der Waals surface area (Å²) in [6.45, 7) is 1.84. The molecule has 2 rings (SSSR count). The Bertz CT molecular complexity index is 409. The maximum Gasteiger partial charge on any atom is 0.224 e. The number of hydrogen-bond donors (Lipinski definition) is 3. The van der Waals surface area contributed by atoms with Gasteiger partial charge in [0.1, 0.15) is 0 Å². The number of nitrogens with one attached hydrogen (secondary N) is 2. The number of amides is 1. The van der Waals surface area contributed by atoms with Gasteiger partial charge in [0.15, 0.2) is 0 Å². The number of anilines is 2. The Morgan fingerprint density at radius 3 is 2.32 bits per heavy atom. The third kappa shape index (κ3) is 4.24. The minimum Gasteiger partial charge on any atom is -0.393 e. The molecule has 1 aliphatic carbocycles. The predicted molar refractivity (Wildman–Crippen MR) is 77.2 cm³/mol. The molecule has 1 amide bonds. The van der Waals surface area contributed by atoms with Crippen LogP contribution in [0.4, 0.5) is 11.4 Å². The standard InChI is InChI=1S/C15H22N2O2/c1-2-15(19)17-13-5-3-11(4-6-13)16-12-7-9-14(18)10-8-12/h3-6,12,14,16,18H,2,7-10H2,1H3,(H,17,19). The van der Waals surface area contributed by atoms with Crippen LogP contribution in [0.15, 0.2) is 24.3 Å². The normalized spacial score (nSPS) is 22.8. The molecule has 1 aromatic carbocycles. The zero-order valence-electron chi connectivity index (χ0n) is 11.4. The Morgan fingerprint density at radius 2 is 1.74 bits per heavy atom. The fraction of sp³-hybridized carbons (Fsp3) is 0.533. The number of rotatable bonds is 4. The van der Waals surface area contributed by atoms with Crippen LogP contribution in [-0.2, 0) is 4.79 Å². The van der Waals surface area contributed by atoms with E-state index in [2.05, 4.69) is 10.6 Å². The van der Waals surface area contributed by atoms with E-state index in [9.17, 15) is 9.90 Å². The molecule has 3 N–H and O–H groups in total. The average Bonchev–Trinajstić information content (AvgIpc) is 2.43. The number of hydrogen-bond acceptors (Lipinski definition) is 3. The van der Waals surface area contributed by atoms with Crippen molar-refractivity contribution in [2.45, 2.75) is 51.2 Å². The van der Waals surface area contributed by atoms with Gasteiger partial charge in [0.05, 0.1) is 6.10 Å². The number of aliphatic hydroxyl groups excluding tert-OH is 1. The molecule has 104 valence electrons. The monoisotopic (exact) mass is 262 g/mol. The Hall–Kier alpha value is -1.55. The van der Waals surface area contributed by atoms with Gasteiger partial charge < -0.3 is 15.7 Å². The highest BCUT2D eigenvalue weighted by molar-refractivity contribution is 5.90. The molecular formula is C15H22N2O2. The van der Waals surface area contributed by atoms with Crippen LogP contribution in [0.1, 0.15) is 39.0 Å². The molecular weight excluding hydrogens is 240 g/mol. The lowest BCUT2D eigenvalue weighted by atomic mass is 9.93. The molecule has 4 nitrogen and oxygen atoms in total. The van der Waals surface area contributed by atoms with Crippen LogP contribution in [0, 0.1) is 0 Å². The highest BCUT2D eigenvalue weighted by Crippen LogP contribution is 2.23. The third-order valence-electron chi connectivity index (χ3n) is 3.56. The van der Waals surface area contributed by atoms with E-state index >= 15 is 0 Å². The van der Waals surface area contributed by atoms with E-state index in [1.807, 2.05) is 31.2 Å². The molecule has 0 aliphatic heterocycles. The van der Waals surface area contributed by atoms with E-state index in [0.717, 1.165) is 37.1 Å². The second kappa shape index (κ2) is 6.57. The molecule has 0 bridgehead atoms. The molecule has 4 heteroatoms. The van der Waals surface area contributed by atoms with Gasteiger partial charge in [-0.2, -0.15) is 0 Å². The van der Waals surface area contributed by atoms with Gasteiger partial charge in [-0.05, 0) is 49.9 Å². The molecule has 1 fully saturated rings. The van der Waals surface area contributed by atoms with Crippen molar-refractivity contribution in [2.75, 3.05) is 10.6 Å². The maximum atomic E-state index is 11.3. The molecule has 0 heterocycles. The summed E-state index contributed by atoms with van der Waals surface area (Å²) in [5.41, 5.74) is 1.90. The van der Waals surface area contributed by atoms with E-state index < -0.39 is 0 Å². The van der Waals surface area contributed by atoms with Gasteiger partial charge in [0, 0.05) is 23.8 Å². The van der Waals surface area contributed by atoms with Gasteiger partial charge in [-0.15, -0.1) is 0 Å². The fourth-order valence-electron chi connectivity index (χ4n) is 2.36. The summed E-state index contributed by atoms with van der Waals surface area (Å²) in [6.07, 6.45) is 4.14. The van der Waals surface area contributed by atoms with Gasteiger partial charge >= 0.3 is 0 Å². The fourth-order valence-corrected chi connectivity index (χ4v) is 2.36. The minimum absolute atomic E-state index is 0.0296. The molecule has 1 aromatic rings. The lowest BCUT2D eigenvalue weighted by Crippen LogP contribution is -2.28. The van der Waals surface area contributed by atoms with Crippen LogP contribution < -0.4 is 10.6 Å². The molecule has 0 aromatic heterocycles. The van der Waals surface area contributed by atoms with Gasteiger partial charge in [-0.25, -0.2) is 0 Å². The van der Waals surface area contributed by atoms with Crippen molar-refractivity contribution in [1.29, 1.82) is 0 Å². The lowest BCUT2D eigenvalue weighted by Gasteiger charge is -2.27. The summed E-state index contributed by atoms with van der Waals surface area (Å²) in [7, 11) is 0. The van der Waals surface area contributed by atoms with Crippen LogP contribution in [0.25, 0.3) is 0 Å². The van der Waals surface area contributed by atoms with Crippen molar-refractivity contribution in [3.05, 3.63) is 24.3 Å². The summed E-state index contributed by atoms with van der Waals surface area (Å²) < 4.78 is 0. The summed E-state index contributed by atoms with van der Waals surface area (Å²) in [4.78, 5) is 11.3. The topological polar surface area (TPSA) is 61.4 Å². The van der Waals surface area contributed by atoms with Crippen molar-refractivity contribution in [2.24, 2.45) is 0 Å². The summed E-state index contributed by atoms with van der Waals surface area (Å²) in [5, 5.41) is 15.8. The van der Waals surface area contributed by atoms with Gasteiger partial charge in [-0.1, -0.05) is 6.92 Å². The van der Waals surface area contributed by atoms with Gasteiger partial charge in [0.25, 0.3) is 0 Å². The van der Waals surface area contributed by atoms with Crippen molar-refractivity contribution in [3.8, 4) is 0 Å². The molecule has 1 saturated carbocycles. The van der Waals surface area contributed by atoms with Crippen LogP contribution in [0.2, 0.25) is 0 Å². The number of carbonyl (C=O) groups is 1. The molecule has 19 heavy (non-hydrogen) atoms. The first-order valence-electron chi connectivity index (χ1n) is 7.02. The maximum absolute atomic E-state index is 11.3. The molecule has 0 atom stereocenters. The number of aliphatic hydroxyl groups is 1. The minimum atomic E-state index is -0.121. The SMILES string of the molecule is CCC(=O)Nc1ccc(NC2CCC(O)CC2)cc1. The Balaban J connectivity index is 1.86. The Labute approximate surface area is 114 Å². The molecule has 0 spiro atoms. The van der Waals surface area contributed by atoms with Crippen LogP contribution >= 0.6 is 0 Å². The zero-order chi connectivity index (χ0) is 13.7. The van der Waals surface area contributed by atoms with E-state index in [-0.39, 0.29) is 12.0 Å². The molecule has 0 radical (unpaired) electrons. The number of carbonyl (C=O) groups excluding carboxylic acids is 1. The van der Waals surface area contributed by atoms with Crippen molar-refractivity contribution in [3.63, 3.8) is 0 Å². The van der Waals surface area contributed by atoms with Crippen LogP contribution in [0.5, 0.6) is 0 Å². The second-order valence-electron chi connectivity index (χ2n) is 5.13. The molecule has 1 aliphatic rings. The van der Waals surface area contributed by atoms with Crippen molar-refractivity contribution in [1.82, 2.24) is 0 Å². The third-order valence-corrected chi connectivity index (χ3v) is 3.56. The first-order valence-corrected chi connectivity index (χ1v) is 7.02. The average molecular weight is 262 g/mol. The molecule has 0 saturated heterocycles. The first kappa shape index (κ1) is 13.9. The zero-order valence-corrected chi connectivity index (χ0v) is 11.4. The van der Waals surface area contributed by atoms with E-state index in [1.165, 1.54) is 0 Å². The summed E-state index contributed by atoms with van der Waals surface area (Å²) in [6, 6.07) is 8.23. The first-order chi connectivity index (χ1) is 9.17. The number of benzene rings is 1. The van der Waals surface area contributed by atoms with Crippen molar-refractivity contribution >= 4 is 17.3 Å². The smallest absolute Gasteiger partial charge is 0.224 e. The molecule has 0 unspecified atom stereocenters. The lowest BCUT2D eigenvalue weighted by molar-refractivity contribution is -0.115. The highest BCUT2D eigenvalue weighted by atomic mass is 16.3. The largest absolute Gasteiger partial charge is 0.393 e. The van der Waals surface area contributed by atoms with Gasteiger partial charge in [0.2, 0.25) is 5.91 Å². The van der Waals surface area contributed by atoms with E-state index in [0.29, 0.717) is 12.5 Å². The van der Waals surface area contributed by atoms with E-state index in [4.69, 9.17) is 0 Å². The highest BCUT2D eigenvalue weighted by Gasteiger charge is 2.18. The van der Waals surface area contributed by atoms with Gasteiger partial charge in [-0.3, -0.25) is 4.79 Å². The Morgan fingerprint density at radius 1 is 1.16 bits per heavy atom.